The van der Waals surface area contributed by atoms with Crippen LogP contribution in [0, 0.1) is 18.7 Å². The van der Waals surface area contributed by atoms with E-state index in [1.54, 1.807) is 43.5 Å². The number of halogens is 2. The van der Waals surface area contributed by atoms with Gasteiger partial charge in [-0.15, -0.1) is 0 Å². The topological polar surface area (TPSA) is 83.1 Å². The first kappa shape index (κ1) is 21.0. The summed E-state index contributed by atoms with van der Waals surface area (Å²) in [6, 6.07) is 11.2. The maximum atomic E-state index is 14.9. The average molecular weight is 449 g/mol. The number of nitrogens with zero attached hydrogens (tertiary/aromatic N) is 3. The van der Waals surface area contributed by atoms with Gasteiger partial charge in [-0.05, 0) is 54.8 Å². The number of aromatic amines is 1. The molecule has 0 bridgehead atoms. The number of fused-ring (bicyclic) bond motifs is 1. The van der Waals surface area contributed by atoms with Crippen LogP contribution in [0.1, 0.15) is 5.69 Å². The molecule has 7 nitrogen and oxygen atoms in total. The van der Waals surface area contributed by atoms with Crippen molar-refractivity contribution in [3.05, 3.63) is 76.5 Å². The van der Waals surface area contributed by atoms with Crippen molar-refractivity contribution in [1.82, 2.24) is 15.0 Å². The van der Waals surface area contributed by atoms with Crippen LogP contribution in [0.2, 0.25) is 0 Å². The smallest absolute Gasteiger partial charge is 0.259 e. The van der Waals surface area contributed by atoms with Crippen LogP contribution < -0.4 is 15.8 Å². The Balaban J connectivity index is 1.57. The number of hydrogen-bond donors (Lipinski definition) is 2. The standard InChI is InChI=1S/C24H21F2N5O2/c1-14-17(3-5-21(26)28-14)19-12-15-6-7-27-24(32)22(15)23(30-19)29-16-2-4-20(18(25)13-16)31-8-10-33-11-9-31/h2-7,12-13H,8-11H2,1H3,(H,27,32)(H,29,30). The molecule has 9 heteroatoms. The summed E-state index contributed by atoms with van der Waals surface area (Å²) in [5, 5.41) is 4.07. The number of benzene rings is 1. The number of anilines is 3. The minimum absolute atomic E-state index is 0.270. The molecule has 0 saturated carbocycles. The number of H-pyrrole nitrogens is 1. The Hall–Kier alpha value is -3.85. The fourth-order valence-corrected chi connectivity index (χ4v) is 4.03. The van der Waals surface area contributed by atoms with Crippen LogP contribution in [0.5, 0.6) is 0 Å². The summed E-state index contributed by atoms with van der Waals surface area (Å²) in [5.41, 5.74) is 2.25. The van der Waals surface area contributed by atoms with Gasteiger partial charge in [-0.25, -0.2) is 14.4 Å². The van der Waals surface area contributed by atoms with E-state index in [1.165, 1.54) is 12.1 Å². The van der Waals surface area contributed by atoms with Gasteiger partial charge in [0.1, 0.15) is 11.6 Å². The lowest BCUT2D eigenvalue weighted by Crippen LogP contribution is -2.36. The number of ether oxygens (including phenoxy) is 1. The lowest BCUT2D eigenvalue weighted by Gasteiger charge is -2.29. The zero-order chi connectivity index (χ0) is 22.9. The first-order valence-electron chi connectivity index (χ1n) is 10.5. The van der Waals surface area contributed by atoms with Gasteiger partial charge >= 0.3 is 0 Å². The van der Waals surface area contributed by atoms with Crippen molar-refractivity contribution in [2.24, 2.45) is 0 Å². The summed E-state index contributed by atoms with van der Waals surface area (Å²) < 4.78 is 33.8. The molecule has 1 aliphatic rings. The summed E-state index contributed by atoms with van der Waals surface area (Å²) in [6.45, 7) is 4.05. The molecule has 4 aromatic rings. The van der Waals surface area contributed by atoms with Crippen molar-refractivity contribution in [3.63, 3.8) is 0 Å². The fraction of sp³-hybridized carbons (Fsp3) is 0.208. The van der Waals surface area contributed by atoms with Gasteiger partial charge in [0.25, 0.3) is 5.56 Å². The summed E-state index contributed by atoms with van der Waals surface area (Å²) in [4.78, 5) is 25.7. The number of aromatic nitrogens is 3. The molecule has 0 atom stereocenters. The number of pyridine rings is 3. The Labute approximate surface area is 188 Å². The molecule has 3 aromatic heterocycles. The number of hydrogen-bond acceptors (Lipinski definition) is 6. The molecule has 1 aliphatic heterocycles. The van der Waals surface area contributed by atoms with E-state index in [1.807, 2.05) is 4.90 Å². The summed E-state index contributed by atoms with van der Waals surface area (Å²) >= 11 is 0. The van der Waals surface area contributed by atoms with Crippen LogP contribution in [0.4, 0.5) is 26.0 Å². The first-order valence-corrected chi connectivity index (χ1v) is 10.5. The second-order valence-corrected chi connectivity index (χ2v) is 7.78. The normalized spacial score (nSPS) is 14.0. The van der Waals surface area contributed by atoms with Crippen LogP contribution >= 0.6 is 0 Å². The molecule has 1 fully saturated rings. The third kappa shape index (κ3) is 4.14. The summed E-state index contributed by atoms with van der Waals surface area (Å²) in [5.74, 6) is -0.691. The molecule has 0 radical (unpaired) electrons. The quantitative estimate of drug-likeness (QED) is 0.456. The Morgan fingerprint density at radius 1 is 1.06 bits per heavy atom. The number of rotatable bonds is 4. The van der Waals surface area contributed by atoms with Crippen molar-refractivity contribution in [2.75, 3.05) is 36.5 Å². The van der Waals surface area contributed by atoms with Crippen molar-refractivity contribution < 1.29 is 13.5 Å². The maximum absolute atomic E-state index is 14.9. The van der Waals surface area contributed by atoms with E-state index >= 15 is 0 Å². The summed E-state index contributed by atoms with van der Waals surface area (Å²) in [6.07, 6.45) is 1.55. The zero-order valence-corrected chi connectivity index (χ0v) is 17.9. The van der Waals surface area contributed by atoms with Gasteiger partial charge in [-0.2, -0.15) is 4.39 Å². The average Bonchev–Trinajstić information content (AvgIpc) is 2.79. The molecular weight excluding hydrogens is 428 g/mol. The van der Waals surface area contributed by atoms with Gasteiger partial charge in [0.2, 0.25) is 5.95 Å². The molecule has 33 heavy (non-hydrogen) atoms. The van der Waals surface area contributed by atoms with Crippen molar-refractivity contribution >= 4 is 28.0 Å². The molecule has 2 N–H and O–H groups in total. The van der Waals surface area contributed by atoms with Crippen LogP contribution in [-0.2, 0) is 4.74 Å². The molecule has 0 amide bonds. The van der Waals surface area contributed by atoms with Gasteiger partial charge in [-0.3, -0.25) is 4.79 Å². The van der Waals surface area contributed by atoms with E-state index in [0.717, 1.165) is 0 Å². The molecule has 0 unspecified atom stereocenters. The number of morpholine rings is 1. The van der Waals surface area contributed by atoms with E-state index in [4.69, 9.17) is 4.74 Å². The predicted octanol–water partition coefficient (Wildman–Crippen LogP) is 4.15. The fourth-order valence-electron chi connectivity index (χ4n) is 4.03. The Kier molecular flexibility index (Phi) is 5.47. The lowest BCUT2D eigenvalue weighted by molar-refractivity contribution is 0.122. The molecular formula is C24H21F2N5O2. The molecule has 0 spiro atoms. The Morgan fingerprint density at radius 3 is 2.64 bits per heavy atom. The van der Waals surface area contributed by atoms with Crippen LogP contribution in [0.25, 0.3) is 22.0 Å². The third-order valence-electron chi connectivity index (χ3n) is 5.64. The van der Waals surface area contributed by atoms with Crippen molar-refractivity contribution in [3.8, 4) is 11.3 Å². The highest BCUT2D eigenvalue weighted by molar-refractivity contribution is 5.95. The zero-order valence-electron chi connectivity index (χ0n) is 17.9. The van der Waals surface area contributed by atoms with E-state index in [9.17, 15) is 13.6 Å². The summed E-state index contributed by atoms with van der Waals surface area (Å²) in [7, 11) is 0. The predicted molar refractivity (Wildman–Crippen MR) is 123 cm³/mol. The van der Waals surface area contributed by atoms with Crippen molar-refractivity contribution in [1.29, 1.82) is 0 Å². The number of aryl methyl sites for hydroxylation is 1. The molecule has 1 aromatic carbocycles. The van der Waals surface area contributed by atoms with Gasteiger partial charge in [0.15, 0.2) is 0 Å². The van der Waals surface area contributed by atoms with Gasteiger partial charge in [0, 0.05) is 36.2 Å². The minimum atomic E-state index is -0.581. The van der Waals surface area contributed by atoms with Gasteiger partial charge in [0.05, 0.1) is 30.0 Å². The highest BCUT2D eigenvalue weighted by atomic mass is 19.1. The van der Waals surface area contributed by atoms with E-state index in [2.05, 4.69) is 20.3 Å². The highest BCUT2D eigenvalue weighted by Gasteiger charge is 2.17. The minimum Gasteiger partial charge on any atom is -0.378 e. The van der Waals surface area contributed by atoms with Crippen LogP contribution in [0.3, 0.4) is 0 Å². The highest BCUT2D eigenvalue weighted by Crippen LogP contribution is 2.30. The monoisotopic (exact) mass is 449 g/mol. The largest absolute Gasteiger partial charge is 0.378 e. The Morgan fingerprint density at radius 2 is 1.88 bits per heavy atom. The van der Waals surface area contributed by atoms with E-state index in [0.29, 0.717) is 65.4 Å². The molecule has 1 saturated heterocycles. The maximum Gasteiger partial charge on any atom is 0.259 e. The second kappa shape index (κ2) is 8.59. The van der Waals surface area contributed by atoms with Gasteiger partial charge < -0.3 is 19.9 Å². The van der Waals surface area contributed by atoms with E-state index in [-0.39, 0.29) is 17.2 Å². The first-order chi connectivity index (χ1) is 16.0. The molecule has 0 aliphatic carbocycles. The third-order valence-corrected chi connectivity index (χ3v) is 5.64. The van der Waals surface area contributed by atoms with E-state index < -0.39 is 5.95 Å². The number of nitrogens with one attached hydrogen (secondary N) is 2. The molecule has 4 heterocycles. The SMILES string of the molecule is Cc1nc(F)ccc1-c1cc2cc[nH]c(=O)c2c(Nc2ccc(N3CCOCC3)c(F)c2)n1. The molecule has 168 valence electrons. The van der Waals surface area contributed by atoms with Crippen LogP contribution in [0.15, 0.2) is 53.5 Å². The second-order valence-electron chi connectivity index (χ2n) is 7.78. The van der Waals surface area contributed by atoms with Crippen molar-refractivity contribution in [2.45, 2.75) is 6.92 Å². The van der Waals surface area contributed by atoms with Gasteiger partial charge in [-0.1, -0.05) is 0 Å². The Bertz CT molecular complexity index is 1400. The van der Waals surface area contributed by atoms with Crippen LogP contribution in [-0.4, -0.2) is 41.3 Å². The molecule has 5 rings (SSSR count). The lowest BCUT2D eigenvalue weighted by atomic mass is 10.1.